The van der Waals surface area contributed by atoms with Crippen LogP contribution in [0.3, 0.4) is 0 Å². The number of methoxy groups -OCH3 is 1. The van der Waals surface area contributed by atoms with E-state index in [1.165, 1.54) is 18.0 Å². The van der Waals surface area contributed by atoms with Gasteiger partial charge in [0.15, 0.2) is 10.9 Å². The molecule has 1 aliphatic heterocycles. The Morgan fingerprint density at radius 3 is 2.49 bits per heavy atom. The molecule has 2 aromatic carbocycles. The maximum absolute atomic E-state index is 12.9. The average molecular weight is 519 g/mol. The Morgan fingerprint density at radius 1 is 1.03 bits per heavy atom. The lowest BCUT2D eigenvalue weighted by Crippen LogP contribution is -2.48. The van der Waals surface area contributed by atoms with Crippen LogP contribution in [0.15, 0.2) is 70.4 Å². The van der Waals surface area contributed by atoms with Crippen LogP contribution in [0.5, 0.6) is 5.75 Å². The summed E-state index contributed by atoms with van der Waals surface area (Å²) in [6.45, 7) is 6.32. The third-order valence-corrected chi connectivity index (χ3v) is 7.35. The summed E-state index contributed by atoms with van der Waals surface area (Å²) < 4.78 is 13.0. The second-order valence-corrected chi connectivity index (χ2v) is 9.68. The van der Waals surface area contributed by atoms with Crippen LogP contribution in [0.2, 0.25) is 0 Å². The lowest BCUT2D eigenvalue weighted by atomic mass is 10.1. The first-order chi connectivity index (χ1) is 18.1. The number of hydrogen-bond acceptors (Lipinski definition) is 8. The minimum atomic E-state index is -0.0812. The topological polar surface area (TPSA) is 89.5 Å². The largest absolute Gasteiger partial charge is 0.497 e. The van der Waals surface area contributed by atoms with E-state index in [2.05, 4.69) is 39.1 Å². The van der Waals surface area contributed by atoms with Gasteiger partial charge in [0.05, 0.1) is 12.9 Å². The lowest BCUT2D eigenvalue weighted by molar-refractivity contribution is 0.0637. The number of nitrogens with zero attached hydrogens (tertiary/aromatic N) is 6. The molecule has 37 heavy (non-hydrogen) atoms. The number of ether oxygens (including phenoxy) is 1. The lowest BCUT2D eigenvalue weighted by Gasteiger charge is -2.33. The van der Waals surface area contributed by atoms with Crippen molar-refractivity contribution in [3.63, 3.8) is 0 Å². The molecule has 0 N–H and O–H groups in total. The van der Waals surface area contributed by atoms with Crippen LogP contribution in [0.25, 0.3) is 5.69 Å². The van der Waals surface area contributed by atoms with E-state index in [0.29, 0.717) is 36.8 Å². The van der Waals surface area contributed by atoms with Crippen LogP contribution in [0.4, 0.5) is 0 Å². The molecule has 0 unspecified atom stereocenters. The molecule has 5 rings (SSSR count). The highest BCUT2D eigenvalue weighted by molar-refractivity contribution is 7.98. The Kier molecular flexibility index (Phi) is 7.86. The summed E-state index contributed by atoms with van der Waals surface area (Å²) in [6.07, 6.45) is 2.10. The normalized spacial score (nSPS) is 14.2. The summed E-state index contributed by atoms with van der Waals surface area (Å²) in [5.74, 6) is 2.44. The summed E-state index contributed by atoms with van der Waals surface area (Å²) >= 11 is 1.47. The van der Waals surface area contributed by atoms with E-state index in [4.69, 9.17) is 9.15 Å². The zero-order valence-corrected chi connectivity index (χ0v) is 21.9. The molecule has 0 saturated carbocycles. The zero-order valence-electron chi connectivity index (χ0n) is 21.0. The van der Waals surface area contributed by atoms with Crippen molar-refractivity contribution in [3.8, 4) is 11.4 Å². The van der Waals surface area contributed by atoms with Gasteiger partial charge in [-0.1, -0.05) is 49.0 Å². The fourth-order valence-electron chi connectivity index (χ4n) is 4.31. The first kappa shape index (κ1) is 25.0. The Bertz CT molecular complexity index is 1310. The molecule has 1 fully saturated rings. The van der Waals surface area contributed by atoms with E-state index in [9.17, 15) is 4.79 Å². The number of carbonyl (C=O) groups is 1. The van der Waals surface area contributed by atoms with Crippen molar-refractivity contribution in [2.24, 2.45) is 0 Å². The van der Waals surface area contributed by atoms with Gasteiger partial charge in [-0.05, 0) is 36.4 Å². The van der Waals surface area contributed by atoms with E-state index in [-0.39, 0.29) is 5.91 Å². The van der Waals surface area contributed by atoms with Gasteiger partial charge in [0.1, 0.15) is 17.8 Å². The number of carbonyl (C=O) groups excluding carboxylic acids is 1. The Hall–Kier alpha value is -3.63. The van der Waals surface area contributed by atoms with Crippen LogP contribution in [-0.2, 0) is 12.2 Å². The molecule has 0 aliphatic carbocycles. The summed E-state index contributed by atoms with van der Waals surface area (Å²) in [7, 11) is 1.65. The van der Waals surface area contributed by atoms with Gasteiger partial charge in [-0.2, -0.15) is 0 Å². The van der Waals surface area contributed by atoms with Crippen LogP contribution in [0.1, 0.15) is 34.7 Å². The van der Waals surface area contributed by atoms with E-state index in [0.717, 1.165) is 47.6 Å². The van der Waals surface area contributed by atoms with Gasteiger partial charge in [0.2, 0.25) is 5.89 Å². The van der Waals surface area contributed by atoms with E-state index >= 15 is 0 Å². The minimum Gasteiger partial charge on any atom is -0.497 e. The van der Waals surface area contributed by atoms with Crippen LogP contribution in [-0.4, -0.2) is 75.3 Å². The molecular formula is C27H30N6O3S. The highest BCUT2D eigenvalue weighted by Gasteiger charge is 2.24. The smallest absolute Gasteiger partial charge is 0.275 e. The number of rotatable bonds is 9. The van der Waals surface area contributed by atoms with Crippen molar-refractivity contribution in [1.29, 1.82) is 0 Å². The second kappa shape index (κ2) is 11.6. The van der Waals surface area contributed by atoms with E-state index < -0.39 is 0 Å². The van der Waals surface area contributed by atoms with Crippen molar-refractivity contribution >= 4 is 17.7 Å². The van der Waals surface area contributed by atoms with Gasteiger partial charge in [-0.15, -0.1) is 10.2 Å². The monoisotopic (exact) mass is 518 g/mol. The molecule has 1 aliphatic rings. The molecule has 9 nitrogen and oxygen atoms in total. The quantitative estimate of drug-likeness (QED) is 0.308. The van der Waals surface area contributed by atoms with Crippen LogP contribution >= 0.6 is 11.8 Å². The summed E-state index contributed by atoms with van der Waals surface area (Å²) in [4.78, 5) is 21.5. The van der Waals surface area contributed by atoms with Crippen molar-refractivity contribution < 1.29 is 13.9 Å². The number of benzene rings is 2. The van der Waals surface area contributed by atoms with Crippen molar-refractivity contribution in [3.05, 3.63) is 83.8 Å². The highest BCUT2D eigenvalue weighted by Crippen LogP contribution is 2.27. The van der Waals surface area contributed by atoms with Gasteiger partial charge >= 0.3 is 0 Å². The van der Waals surface area contributed by atoms with Gasteiger partial charge < -0.3 is 19.0 Å². The Labute approximate surface area is 220 Å². The SMILES string of the molecule is CCN1CCN(C(=O)c2coc(CSc3nnc(Cc4ccccc4)n3-c3ccc(OC)cc3)n2)CC1. The van der Waals surface area contributed by atoms with Crippen molar-refractivity contribution in [1.82, 2.24) is 29.5 Å². The Balaban J connectivity index is 1.31. The van der Waals surface area contributed by atoms with Gasteiger partial charge in [0, 0.05) is 38.3 Å². The summed E-state index contributed by atoms with van der Waals surface area (Å²) in [5, 5.41) is 9.69. The second-order valence-electron chi connectivity index (χ2n) is 8.74. The molecule has 3 heterocycles. The first-order valence-electron chi connectivity index (χ1n) is 12.4. The number of likely N-dealkylation sites (N-methyl/N-ethyl adjacent to an activating group) is 1. The van der Waals surface area contributed by atoms with Crippen molar-refractivity contribution in [2.75, 3.05) is 39.8 Å². The Morgan fingerprint density at radius 2 is 1.78 bits per heavy atom. The van der Waals surface area contributed by atoms with Crippen LogP contribution < -0.4 is 4.74 Å². The average Bonchev–Trinajstić information content (AvgIpc) is 3.59. The first-order valence-corrected chi connectivity index (χ1v) is 13.3. The summed E-state index contributed by atoms with van der Waals surface area (Å²) in [5.41, 5.74) is 2.44. The minimum absolute atomic E-state index is 0.0812. The molecule has 10 heteroatoms. The summed E-state index contributed by atoms with van der Waals surface area (Å²) in [6, 6.07) is 18.0. The molecule has 0 atom stereocenters. The van der Waals surface area contributed by atoms with Gasteiger partial charge in [0.25, 0.3) is 5.91 Å². The molecule has 1 saturated heterocycles. The standard InChI is InChI=1S/C27H30N6O3S/c1-3-31-13-15-32(16-14-31)26(34)23-18-36-25(28-23)19-37-27-30-29-24(17-20-7-5-4-6-8-20)33(27)21-9-11-22(35-2)12-10-21/h4-12,18H,3,13-17,19H2,1-2H3. The number of thioether (sulfide) groups is 1. The molecule has 1 amide bonds. The van der Waals surface area contributed by atoms with E-state index in [1.807, 2.05) is 51.9 Å². The fourth-order valence-corrected chi connectivity index (χ4v) is 5.13. The van der Waals surface area contributed by atoms with E-state index in [1.54, 1.807) is 7.11 Å². The number of amides is 1. The van der Waals surface area contributed by atoms with Crippen molar-refractivity contribution in [2.45, 2.75) is 24.3 Å². The number of piperazine rings is 1. The number of aromatic nitrogens is 4. The van der Waals surface area contributed by atoms with Crippen LogP contribution in [0, 0.1) is 0 Å². The maximum atomic E-state index is 12.9. The van der Waals surface area contributed by atoms with Gasteiger partial charge in [-0.25, -0.2) is 4.98 Å². The zero-order chi connectivity index (χ0) is 25.6. The highest BCUT2D eigenvalue weighted by atomic mass is 32.2. The third-order valence-electron chi connectivity index (χ3n) is 6.44. The molecule has 0 bridgehead atoms. The molecule has 2 aromatic heterocycles. The predicted octanol–water partition coefficient (Wildman–Crippen LogP) is 3.92. The predicted molar refractivity (Wildman–Crippen MR) is 141 cm³/mol. The fraction of sp³-hybridized carbons (Fsp3) is 0.333. The molecular weight excluding hydrogens is 488 g/mol. The number of hydrogen-bond donors (Lipinski definition) is 0. The third kappa shape index (κ3) is 5.86. The molecule has 192 valence electrons. The maximum Gasteiger partial charge on any atom is 0.275 e. The molecule has 4 aromatic rings. The van der Waals surface area contributed by atoms with Gasteiger partial charge in [-0.3, -0.25) is 9.36 Å². The molecule has 0 radical (unpaired) electrons. The number of oxazole rings is 1. The molecule has 0 spiro atoms.